The third-order valence-electron chi connectivity index (χ3n) is 3.11. The van der Waals surface area contributed by atoms with Crippen molar-refractivity contribution in [3.8, 4) is 0 Å². The van der Waals surface area contributed by atoms with Crippen molar-refractivity contribution in [2.24, 2.45) is 0 Å². The van der Waals surface area contributed by atoms with E-state index in [9.17, 15) is 0 Å². The maximum Gasteiger partial charge on any atom is 0.115 e. The summed E-state index contributed by atoms with van der Waals surface area (Å²) in [7, 11) is 1.75. The normalized spacial score (nSPS) is 18.4. The summed E-state index contributed by atoms with van der Waals surface area (Å²) in [6.07, 6.45) is 3.63. The van der Waals surface area contributed by atoms with E-state index < -0.39 is 0 Å². The highest BCUT2D eigenvalue weighted by molar-refractivity contribution is 7.12. The molecular formula is C13H22N2OS. The Morgan fingerprint density at radius 2 is 2.24 bits per heavy atom. The number of aromatic nitrogens is 1. The minimum absolute atomic E-state index is 0.155. The van der Waals surface area contributed by atoms with Gasteiger partial charge in [0.25, 0.3) is 0 Å². The molecule has 96 valence electrons. The average molecular weight is 254 g/mol. The molecule has 1 aliphatic carbocycles. The standard InChI is InChI=1S/C13H22N2OS/c1-9(2)15-13(3,8-16-4)12-14-10-6-5-7-11(10)17-12/h9,15H,5-8H2,1-4H3. The molecule has 0 aliphatic heterocycles. The quantitative estimate of drug-likeness (QED) is 0.876. The van der Waals surface area contributed by atoms with Crippen LogP contribution in [0.4, 0.5) is 0 Å². The van der Waals surface area contributed by atoms with Gasteiger partial charge >= 0.3 is 0 Å². The molecule has 0 spiro atoms. The molecule has 0 saturated carbocycles. The van der Waals surface area contributed by atoms with E-state index in [0.29, 0.717) is 12.6 Å². The molecule has 17 heavy (non-hydrogen) atoms. The third-order valence-corrected chi connectivity index (χ3v) is 4.53. The second kappa shape index (κ2) is 5.04. The molecule has 2 rings (SSSR count). The van der Waals surface area contributed by atoms with Crippen molar-refractivity contribution in [2.75, 3.05) is 13.7 Å². The number of rotatable bonds is 5. The van der Waals surface area contributed by atoms with E-state index >= 15 is 0 Å². The molecule has 1 heterocycles. The number of nitrogens with zero attached hydrogens (tertiary/aromatic N) is 1. The molecule has 1 aromatic heterocycles. The van der Waals surface area contributed by atoms with Crippen molar-refractivity contribution in [1.29, 1.82) is 0 Å². The molecular weight excluding hydrogens is 232 g/mol. The van der Waals surface area contributed by atoms with Gasteiger partial charge in [-0.1, -0.05) is 0 Å². The van der Waals surface area contributed by atoms with Gasteiger partial charge in [0.1, 0.15) is 5.01 Å². The van der Waals surface area contributed by atoms with Crippen molar-refractivity contribution in [3.63, 3.8) is 0 Å². The van der Waals surface area contributed by atoms with Gasteiger partial charge in [0.15, 0.2) is 0 Å². The van der Waals surface area contributed by atoms with Gasteiger partial charge in [-0.2, -0.15) is 0 Å². The Balaban J connectivity index is 2.25. The topological polar surface area (TPSA) is 34.1 Å². The van der Waals surface area contributed by atoms with Crippen LogP contribution in [0, 0.1) is 0 Å². The van der Waals surface area contributed by atoms with E-state index in [2.05, 4.69) is 26.1 Å². The van der Waals surface area contributed by atoms with E-state index in [1.165, 1.54) is 28.4 Å². The lowest BCUT2D eigenvalue weighted by atomic mass is 10.0. The maximum atomic E-state index is 5.37. The van der Waals surface area contributed by atoms with Gasteiger partial charge in [0.05, 0.1) is 17.8 Å². The first kappa shape index (κ1) is 13.0. The van der Waals surface area contributed by atoms with E-state index in [1.54, 1.807) is 7.11 Å². The highest BCUT2D eigenvalue weighted by atomic mass is 32.1. The Kier molecular flexibility index (Phi) is 3.85. The number of nitrogens with one attached hydrogen (secondary N) is 1. The van der Waals surface area contributed by atoms with Crippen LogP contribution < -0.4 is 5.32 Å². The first-order valence-electron chi connectivity index (χ1n) is 6.31. The predicted octanol–water partition coefficient (Wildman–Crippen LogP) is 2.49. The molecule has 1 aromatic rings. The summed E-state index contributed by atoms with van der Waals surface area (Å²) < 4.78 is 5.37. The monoisotopic (exact) mass is 254 g/mol. The fourth-order valence-corrected chi connectivity index (χ4v) is 3.76. The Morgan fingerprint density at radius 3 is 2.82 bits per heavy atom. The zero-order chi connectivity index (χ0) is 12.5. The molecule has 3 nitrogen and oxygen atoms in total. The average Bonchev–Trinajstić information content (AvgIpc) is 2.74. The fourth-order valence-electron chi connectivity index (χ4n) is 2.52. The Morgan fingerprint density at radius 1 is 1.47 bits per heavy atom. The zero-order valence-electron chi connectivity index (χ0n) is 11.2. The smallest absolute Gasteiger partial charge is 0.115 e. The number of fused-ring (bicyclic) bond motifs is 1. The van der Waals surface area contributed by atoms with Crippen LogP contribution in [0.15, 0.2) is 0 Å². The fraction of sp³-hybridized carbons (Fsp3) is 0.769. The van der Waals surface area contributed by atoms with E-state index in [0.717, 1.165) is 6.42 Å². The lowest BCUT2D eigenvalue weighted by Crippen LogP contribution is -2.46. The summed E-state index contributed by atoms with van der Waals surface area (Å²) >= 11 is 1.86. The Hall–Kier alpha value is -0.450. The highest BCUT2D eigenvalue weighted by Crippen LogP contribution is 2.33. The summed E-state index contributed by atoms with van der Waals surface area (Å²) in [6.45, 7) is 7.17. The van der Waals surface area contributed by atoms with Crippen LogP contribution in [-0.4, -0.2) is 24.7 Å². The van der Waals surface area contributed by atoms with Crippen molar-refractivity contribution in [3.05, 3.63) is 15.6 Å². The SMILES string of the molecule is COCC(C)(NC(C)C)c1nc2c(s1)CCC2. The number of hydrogen-bond acceptors (Lipinski definition) is 4. The first-order valence-corrected chi connectivity index (χ1v) is 7.12. The molecule has 0 aromatic carbocycles. The summed E-state index contributed by atoms with van der Waals surface area (Å²) in [4.78, 5) is 6.29. The van der Waals surface area contributed by atoms with E-state index in [4.69, 9.17) is 9.72 Å². The number of methoxy groups -OCH3 is 1. The van der Waals surface area contributed by atoms with Crippen molar-refractivity contribution >= 4 is 11.3 Å². The molecule has 4 heteroatoms. The lowest BCUT2D eigenvalue weighted by molar-refractivity contribution is 0.112. The Bertz CT molecular complexity index is 367. The molecule has 0 amide bonds. The zero-order valence-corrected chi connectivity index (χ0v) is 12.0. The summed E-state index contributed by atoms with van der Waals surface area (Å²) in [5.74, 6) is 0. The van der Waals surface area contributed by atoms with E-state index in [1.807, 2.05) is 11.3 Å². The molecule has 0 radical (unpaired) electrons. The highest BCUT2D eigenvalue weighted by Gasteiger charge is 2.32. The minimum Gasteiger partial charge on any atom is -0.382 e. The molecule has 0 fully saturated rings. The van der Waals surface area contributed by atoms with Crippen molar-refractivity contribution < 1.29 is 4.74 Å². The van der Waals surface area contributed by atoms with Gasteiger partial charge in [-0.05, 0) is 40.0 Å². The van der Waals surface area contributed by atoms with Crippen LogP contribution in [-0.2, 0) is 23.1 Å². The minimum atomic E-state index is -0.155. The van der Waals surface area contributed by atoms with Gasteiger partial charge in [0.2, 0.25) is 0 Å². The van der Waals surface area contributed by atoms with Crippen molar-refractivity contribution in [1.82, 2.24) is 10.3 Å². The second-order valence-electron chi connectivity index (χ2n) is 5.31. The van der Waals surface area contributed by atoms with Gasteiger partial charge in [-0.25, -0.2) is 4.98 Å². The lowest BCUT2D eigenvalue weighted by Gasteiger charge is -2.30. The molecule has 1 N–H and O–H groups in total. The molecule has 1 atom stereocenters. The van der Waals surface area contributed by atoms with Crippen LogP contribution in [0.2, 0.25) is 0 Å². The molecule has 0 bridgehead atoms. The van der Waals surface area contributed by atoms with Gasteiger partial charge in [0, 0.05) is 18.0 Å². The second-order valence-corrected chi connectivity index (χ2v) is 6.39. The largest absolute Gasteiger partial charge is 0.382 e. The Labute approximate surface area is 108 Å². The van der Waals surface area contributed by atoms with Crippen LogP contribution >= 0.6 is 11.3 Å². The van der Waals surface area contributed by atoms with Crippen LogP contribution in [0.3, 0.4) is 0 Å². The van der Waals surface area contributed by atoms with Gasteiger partial charge in [-0.15, -0.1) is 11.3 Å². The summed E-state index contributed by atoms with van der Waals surface area (Å²) in [6, 6.07) is 0.425. The van der Waals surface area contributed by atoms with Crippen LogP contribution in [0.1, 0.15) is 42.8 Å². The maximum absolute atomic E-state index is 5.37. The summed E-state index contributed by atoms with van der Waals surface area (Å²) in [5, 5.41) is 4.76. The number of ether oxygens (including phenoxy) is 1. The van der Waals surface area contributed by atoms with E-state index in [-0.39, 0.29) is 5.54 Å². The number of thiazole rings is 1. The van der Waals surface area contributed by atoms with Crippen LogP contribution in [0.25, 0.3) is 0 Å². The van der Waals surface area contributed by atoms with Gasteiger partial charge < -0.3 is 10.1 Å². The van der Waals surface area contributed by atoms with Crippen LogP contribution in [0.5, 0.6) is 0 Å². The van der Waals surface area contributed by atoms with Gasteiger partial charge in [-0.3, -0.25) is 0 Å². The molecule has 1 aliphatic rings. The predicted molar refractivity (Wildman–Crippen MR) is 71.6 cm³/mol. The summed E-state index contributed by atoms with van der Waals surface area (Å²) in [5.41, 5.74) is 1.16. The molecule has 0 saturated heterocycles. The third kappa shape index (κ3) is 2.69. The number of aryl methyl sites for hydroxylation is 2. The van der Waals surface area contributed by atoms with Crippen molar-refractivity contribution in [2.45, 2.75) is 51.6 Å². The first-order chi connectivity index (χ1) is 8.05. The number of hydrogen-bond donors (Lipinski definition) is 1. The molecule has 1 unspecified atom stereocenters.